The van der Waals surface area contributed by atoms with Crippen LogP contribution in [0.5, 0.6) is 0 Å². The maximum absolute atomic E-state index is 5.74. The highest BCUT2D eigenvalue weighted by Crippen LogP contribution is 2.28. The Morgan fingerprint density at radius 2 is 2.31 bits per heavy atom. The molecule has 0 aliphatic carbocycles. The summed E-state index contributed by atoms with van der Waals surface area (Å²) in [7, 11) is 0. The molecule has 2 atom stereocenters. The van der Waals surface area contributed by atoms with E-state index in [4.69, 9.17) is 16.0 Å². The minimum atomic E-state index is 0.478. The van der Waals surface area contributed by atoms with Gasteiger partial charge in [0.1, 0.15) is 5.76 Å². The maximum atomic E-state index is 5.74. The molecule has 0 radical (unpaired) electrons. The van der Waals surface area contributed by atoms with E-state index in [-0.39, 0.29) is 0 Å². The first kappa shape index (κ1) is 10.6. The Kier molecular flexibility index (Phi) is 2.92. The van der Waals surface area contributed by atoms with E-state index in [1.165, 1.54) is 32.4 Å². The average Bonchev–Trinajstić information content (AvgIpc) is 2.91. The van der Waals surface area contributed by atoms with Crippen LogP contribution in [0, 0.1) is 0 Å². The van der Waals surface area contributed by atoms with Crippen molar-refractivity contribution in [2.24, 2.45) is 0 Å². The molecule has 1 aromatic heterocycles. The van der Waals surface area contributed by atoms with Crippen molar-refractivity contribution in [3.63, 3.8) is 0 Å². The van der Waals surface area contributed by atoms with Crippen molar-refractivity contribution < 1.29 is 4.42 Å². The summed E-state index contributed by atoms with van der Waals surface area (Å²) in [6, 6.07) is 5.13. The van der Waals surface area contributed by atoms with Gasteiger partial charge < -0.3 is 9.73 Å². The van der Waals surface area contributed by atoms with Gasteiger partial charge in [-0.3, -0.25) is 4.90 Å². The van der Waals surface area contributed by atoms with E-state index in [1.54, 1.807) is 6.07 Å². The Hall–Kier alpha value is -0.510. The van der Waals surface area contributed by atoms with E-state index < -0.39 is 0 Å². The lowest BCUT2D eigenvalue weighted by atomic mass is 10.1. The molecule has 2 unspecified atom stereocenters. The number of nitrogens with zero attached hydrogens (tertiary/aromatic N) is 1. The fourth-order valence-corrected chi connectivity index (χ4v) is 3.16. The Balaban J connectivity index is 1.55. The van der Waals surface area contributed by atoms with Gasteiger partial charge >= 0.3 is 0 Å². The normalized spacial score (nSPS) is 29.8. The third kappa shape index (κ3) is 1.99. The molecule has 0 spiro atoms. The number of hydrogen-bond donors (Lipinski definition) is 1. The summed E-state index contributed by atoms with van der Waals surface area (Å²) in [5.41, 5.74) is 0. The molecule has 3 rings (SSSR count). The molecule has 16 heavy (non-hydrogen) atoms. The predicted molar refractivity (Wildman–Crippen MR) is 63.6 cm³/mol. The Morgan fingerprint density at radius 3 is 3.12 bits per heavy atom. The number of nitrogens with one attached hydrogen (secondary N) is 1. The summed E-state index contributed by atoms with van der Waals surface area (Å²) in [6.07, 6.45) is 3.96. The van der Waals surface area contributed by atoms with Gasteiger partial charge in [0.15, 0.2) is 5.22 Å². The number of furan rings is 1. The van der Waals surface area contributed by atoms with Crippen LogP contribution in [-0.2, 0) is 6.54 Å². The molecular weight excluding hydrogens is 224 g/mol. The fraction of sp³-hybridized carbons (Fsp3) is 0.667. The second-order valence-corrected chi connectivity index (χ2v) is 5.10. The first-order valence-electron chi connectivity index (χ1n) is 6.04. The average molecular weight is 241 g/mol. The molecule has 2 saturated heterocycles. The number of rotatable bonds is 3. The minimum absolute atomic E-state index is 0.478. The van der Waals surface area contributed by atoms with Gasteiger partial charge in [0.05, 0.1) is 6.54 Å². The van der Waals surface area contributed by atoms with Crippen LogP contribution in [0.2, 0.25) is 5.22 Å². The van der Waals surface area contributed by atoms with Crippen molar-refractivity contribution in [1.29, 1.82) is 0 Å². The fourth-order valence-electron chi connectivity index (χ4n) is 3.00. The van der Waals surface area contributed by atoms with Gasteiger partial charge in [-0.1, -0.05) is 0 Å². The molecular formula is C12H17ClN2O. The van der Waals surface area contributed by atoms with Crippen LogP contribution < -0.4 is 5.32 Å². The van der Waals surface area contributed by atoms with Crippen LogP contribution >= 0.6 is 11.6 Å². The standard InChI is InChI=1S/C12H17ClN2O/c13-12-4-3-9(16-12)8-14-10-5-7-15-6-1-2-11(10)15/h3-4,10-11,14H,1-2,5-8H2. The largest absolute Gasteiger partial charge is 0.448 e. The van der Waals surface area contributed by atoms with E-state index in [1.807, 2.05) is 6.07 Å². The van der Waals surface area contributed by atoms with E-state index in [0.29, 0.717) is 11.3 Å². The molecule has 0 bridgehead atoms. The highest BCUT2D eigenvalue weighted by atomic mass is 35.5. The lowest BCUT2D eigenvalue weighted by molar-refractivity contribution is 0.295. The zero-order valence-electron chi connectivity index (χ0n) is 9.29. The second-order valence-electron chi connectivity index (χ2n) is 4.73. The van der Waals surface area contributed by atoms with Crippen molar-refractivity contribution in [2.45, 2.75) is 37.9 Å². The molecule has 2 aliphatic heterocycles. The van der Waals surface area contributed by atoms with Gasteiger partial charge in [-0.25, -0.2) is 0 Å². The monoisotopic (exact) mass is 240 g/mol. The Labute approximate surface area is 101 Å². The predicted octanol–water partition coefficient (Wildman–Crippen LogP) is 2.26. The van der Waals surface area contributed by atoms with Crippen LogP contribution in [0.1, 0.15) is 25.0 Å². The van der Waals surface area contributed by atoms with Gasteiger partial charge in [0.25, 0.3) is 0 Å². The first-order chi connectivity index (χ1) is 7.83. The SMILES string of the molecule is Clc1ccc(CNC2CCN3CCCC23)o1. The lowest BCUT2D eigenvalue weighted by Crippen LogP contribution is -2.38. The van der Waals surface area contributed by atoms with Crippen molar-refractivity contribution in [2.75, 3.05) is 13.1 Å². The number of halogens is 1. The summed E-state index contributed by atoms with van der Waals surface area (Å²) in [5, 5.41) is 4.07. The summed E-state index contributed by atoms with van der Waals surface area (Å²) < 4.78 is 5.34. The topological polar surface area (TPSA) is 28.4 Å². The highest BCUT2D eigenvalue weighted by Gasteiger charge is 2.36. The van der Waals surface area contributed by atoms with Crippen molar-refractivity contribution in [3.8, 4) is 0 Å². The van der Waals surface area contributed by atoms with E-state index in [9.17, 15) is 0 Å². The minimum Gasteiger partial charge on any atom is -0.448 e. The van der Waals surface area contributed by atoms with Crippen molar-refractivity contribution >= 4 is 11.6 Å². The molecule has 2 fully saturated rings. The Morgan fingerprint density at radius 1 is 1.38 bits per heavy atom. The third-order valence-electron chi connectivity index (χ3n) is 3.77. The van der Waals surface area contributed by atoms with E-state index >= 15 is 0 Å². The zero-order chi connectivity index (χ0) is 11.0. The highest BCUT2D eigenvalue weighted by molar-refractivity contribution is 6.28. The van der Waals surface area contributed by atoms with Crippen LogP contribution in [0.4, 0.5) is 0 Å². The molecule has 3 heterocycles. The molecule has 1 N–H and O–H groups in total. The van der Waals surface area contributed by atoms with Gasteiger partial charge in [0.2, 0.25) is 0 Å². The summed E-state index contributed by atoms with van der Waals surface area (Å²) >= 11 is 5.74. The summed E-state index contributed by atoms with van der Waals surface area (Å²) in [4.78, 5) is 2.60. The van der Waals surface area contributed by atoms with Gasteiger partial charge in [0, 0.05) is 18.6 Å². The molecule has 0 saturated carbocycles. The molecule has 2 aliphatic rings. The van der Waals surface area contributed by atoms with Crippen molar-refractivity contribution in [3.05, 3.63) is 23.1 Å². The van der Waals surface area contributed by atoms with Crippen LogP contribution in [0.15, 0.2) is 16.5 Å². The van der Waals surface area contributed by atoms with Crippen LogP contribution in [0.3, 0.4) is 0 Å². The van der Waals surface area contributed by atoms with Gasteiger partial charge in [-0.2, -0.15) is 0 Å². The van der Waals surface area contributed by atoms with Gasteiger partial charge in [-0.15, -0.1) is 0 Å². The summed E-state index contributed by atoms with van der Waals surface area (Å²) in [5.74, 6) is 0.932. The summed E-state index contributed by atoms with van der Waals surface area (Å²) in [6.45, 7) is 3.33. The Bertz CT molecular complexity index is 366. The third-order valence-corrected chi connectivity index (χ3v) is 3.98. The molecule has 0 amide bonds. The second kappa shape index (κ2) is 4.40. The zero-order valence-corrected chi connectivity index (χ0v) is 10.0. The van der Waals surface area contributed by atoms with Crippen LogP contribution in [0.25, 0.3) is 0 Å². The number of hydrogen-bond acceptors (Lipinski definition) is 3. The van der Waals surface area contributed by atoms with Crippen molar-refractivity contribution in [1.82, 2.24) is 10.2 Å². The van der Waals surface area contributed by atoms with Crippen LogP contribution in [-0.4, -0.2) is 30.1 Å². The first-order valence-corrected chi connectivity index (χ1v) is 6.42. The molecule has 1 aromatic rings. The quantitative estimate of drug-likeness (QED) is 0.879. The maximum Gasteiger partial charge on any atom is 0.193 e. The smallest absolute Gasteiger partial charge is 0.193 e. The molecule has 0 aromatic carbocycles. The van der Waals surface area contributed by atoms with E-state index in [2.05, 4.69) is 10.2 Å². The molecule has 3 nitrogen and oxygen atoms in total. The van der Waals surface area contributed by atoms with Gasteiger partial charge in [-0.05, 0) is 49.5 Å². The molecule has 88 valence electrons. The molecule has 4 heteroatoms. The number of fused-ring (bicyclic) bond motifs is 1. The van der Waals surface area contributed by atoms with E-state index in [0.717, 1.165) is 18.3 Å². The lowest BCUT2D eigenvalue weighted by Gasteiger charge is -2.20.